The molecule has 0 atom stereocenters. The minimum Gasteiger partial charge on any atom is -0.497 e. The second-order valence-corrected chi connectivity index (χ2v) is 11.2. The highest BCUT2D eigenvalue weighted by molar-refractivity contribution is 7.80. The molecule has 0 unspecified atom stereocenters. The highest BCUT2D eigenvalue weighted by Gasteiger charge is 2.22. The molecular formula is C27H37N5O3S2. The van der Waals surface area contributed by atoms with Crippen molar-refractivity contribution >= 4 is 29.9 Å². The Morgan fingerprint density at radius 2 is 1.95 bits per heavy atom. The first-order valence-corrected chi connectivity index (χ1v) is 14.1. The predicted octanol–water partition coefficient (Wildman–Crippen LogP) is 4.85. The number of carbonyl (C=O) groups is 1. The molecule has 2 aliphatic rings. The van der Waals surface area contributed by atoms with Crippen molar-refractivity contribution in [2.75, 3.05) is 27.2 Å². The van der Waals surface area contributed by atoms with Gasteiger partial charge in [-0.1, -0.05) is 0 Å². The van der Waals surface area contributed by atoms with Gasteiger partial charge in [0.05, 0.1) is 25.9 Å². The number of hydrogen-bond acceptors (Lipinski definition) is 9. The molecule has 1 aliphatic carbocycles. The van der Waals surface area contributed by atoms with Crippen LogP contribution in [0.1, 0.15) is 63.9 Å². The van der Waals surface area contributed by atoms with Crippen molar-refractivity contribution in [1.82, 2.24) is 25.1 Å². The lowest BCUT2D eigenvalue weighted by Crippen LogP contribution is -2.26. The number of benzene rings is 1. The van der Waals surface area contributed by atoms with Gasteiger partial charge in [-0.25, -0.2) is 9.97 Å². The third-order valence-corrected chi connectivity index (χ3v) is 8.08. The van der Waals surface area contributed by atoms with Gasteiger partial charge in [0.15, 0.2) is 5.69 Å². The minimum atomic E-state index is -0.136. The first kappa shape index (κ1) is 27.6. The Morgan fingerprint density at radius 1 is 1.24 bits per heavy atom. The molecule has 1 N–H and O–H groups in total. The van der Waals surface area contributed by atoms with E-state index in [4.69, 9.17) is 9.15 Å². The van der Waals surface area contributed by atoms with Crippen LogP contribution in [-0.2, 0) is 19.6 Å². The number of rotatable bonds is 9. The van der Waals surface area contributed by atoms with Gasteiger partial charge in [-0.2, -0.15) is 0 Å². The van der Waals surface area contributed by atoms with Crippen molar-refractivity contribution in [2.45, 2.75) is 70.1 Å². The van der Waals surface area contributed by atoms with E-state index in [1.807, 2.05) is 26.0 Å². The number of hydrogen-bond donors (Lipinski definition) is 2. The summed E-state index contributed by atoms with van der Waals surface area (Å²) in [5.41, 5.74) is 3.77. The van der Waals surface area contributed by atoms with Gasteiger partial charge in [0.1, 0.15) is 17.0 Å². The summed E-state index contributed by atoms with van der Waals surface area (Å²) in [4.78, 5) is 26.7. The van der Waals surface area contributed by atoms with Gasteiger partial charge in [-0.3, -0.25) is 9.69 Å². The molecule has 37 heavy (non-hydrogen) atoms. The summed E-state index contributed by atoms with van der Waals surface area (Å²) < 4.78 is 10.5. The molecule has 0 bridgehead atoms. The van der Waals surface area contributed by atoms with Crippen LogP contribution in [-0.4, -0.2) is 59.0 Å². The summed E-state index contributed by atoms with van der Waals surface area (Å²) in [5, 5.41) is 6.39. The normalized spacial score (nSPS) is 15.4. The number of ether oxygens (including phenoxy) is 1. The van der Waals surface area contributed by atoms with E-state index in [2.05, 4.69) is 38.2 Å². The summed E-state index contributed by atoms with van der Waals surface area (Å²) in [5.74, 6) is 1.33. The SMILES string of the molecule is CN(Cc1nc(CN2CCCC2)cs1)C(=O)c1coc(CNC2CC2)n1.COc1cc(C)c(S)c(C)c1. The Kier molecular flexibility index (Phi) is 9.64. The lowest BCUT2D eigenvalue weighted by atomic mass is 10.1. The van der Waals surface area contributed by atoms with E-state index in [1.165, 1.54) is 31.9 Å². The number of amides is 1. The van der Waals surface area contributed by atoms with Crippen molar-refractivity contribution in [1.29, 1.82) is 0 Å². The number of aryl methyl sites for hydroxylation is 2. The maximum atomic E-state index is 12.5. The van der Waals surface area contributed by atoms with E-state index < -0.39 is 0 Å². The molecule has 8 nitrogen and oxygen atoms in total. The Bertz CT molecular complexity index is 1160. The maximum Gasteiger partial charge on any atom is 0.275 e. The molecule has 5 rings (SSSR count). The Balaban J connectivity index is 0.000000245. The van der Waals surface area contributed by atoms with E-state index in [-0.39, 0.29) is 5.91 Å². The minimum absolute atomic E-state index is 0.136. The van der Waals surface area contributed by atoms with Gasteiger partial charge >= 0.3 is 0 Å². The van der Waals surface area contributed by atoms with Gasteiger partial charge in [-0.05, 0) is 75.9 Å². The highest BCUT2D eigenvalue weighted by atomic mass is 32.1. The second-order valence-electron chi connectivity index (χ2n) is 9.77. The van der Waals surface area contributed by atoms with Crippen LogP contribution < -0.4 is 10.1 Å². The second kappa shape index (κ2) is 12.9. The Morgan fingerprint density at radius 3 is 2.59 bits per heavy atom. The van der Waals surface area contributed by atoms with Crippen LogP contribution in [0.3, 0.4) is 0 Å². The molecule has 1 amide bonds. The molecule has 10 heteroatoms. The van der Waals surface area contributed by atoms with Crippen molar-refractivity contribution < 1.29 is 13.9 Å². The number of methoxy groups -OCH3 is 1. The quantitative estimate of drug-likeness (QED) is 0.373. The van der Waals surface area contributed by atoms with Gasteiger partial charge in [0.2, 0.25) is 5.89 Å². The fourth-order valence-corrected chi connectivity index (χ4v) is 5.14. The highest BCUT2D eigenvalue weighted by Crippen LogP contribution is 2.24. The zero-order chi connectivity index (χ0) is 26.4. The van der Waals surface area contributed by atoms with Crippen LogP contribution >= 0.6 is 24.0 Å². The van der Waals surface area contributed by atoms with E-state index >= 15 is 0 Å². The number of carbonyl (C=O) groups excluding carboxylic acids is 1. The summed E-state index contributed by atoms with van der Waals surface area (Å²) in [6, 6.07) is 4.55. The molecular weight excluding hydrogens is 506 g/mol. The summed E-state index contributed by atoms with van der Waals surface area (Å²) >= 11 is 5.95. The average molecular weight is 544 g/mol. The predicted molar refractivity (Wildman–Crippen MR) is 149 cm³/mol. The Labute approximate surface area is 228 Å². The molecule has 3 aromatic rings. The molecule has 2 fully saturated rings. The van der Waals surface area contributed by atoms with Gasteiger partial charge < -0.3 is 19.4 Å². The summed E-state index contributed by atoms with van der Waals surface area (Å²) in [6.07, 6.45) is 6.43. The van der Waals surface area contributed by atoms with Crippen molar-refractivity contribution in [3.63, 3.8) is 0 Å². The van der Waals surface area contributed by atoms with Crippen LogP contribution in [0.5, 0.6) is 5.75 Å². The van der Waals surface area contributed by atoms with Crippen molar-refractivity contribution in [2.24, 2.45) is 0 Å². The molecule has 2 aromatic heterocycles. The largest absolute Gasteiger partial charge is 0.497 e. The number of nitrogens with one attached hydrogen (secondary N) is 1. The van der Waals surface area contributed by atoms with Crippen LogP contribution in [0.4, 0.5) is 0 Å². The lowest BCUT2D eigenvalue weighted by Gasteiger charge is -2.14. The van der Waals surface area contributed by atoms with Gasteiger partial charge in [0.25, 0.3) is 5.91 Å². The molecule has 1 saturated heterocycles. The number of oxazole rings is 1. The van der Waals surface area contributed by atoms with Crippen LogP contribution in [0.15, 0.2) is 33.1 Å². The molecule has 0 spiro atoms. The lowest BCUT2D eigenvalue weighted by molar-refractivity contribution is 0.0779. The fraction of sp³-hybridized carbons (Fsp3) is 0.519. The maximum absolute atomic E-state index is 12.5. The molecule has 1 saturated carbocycles. The number of thiazole rings is 1. The average Bonchev–Trinajstić information content (AvgIpc) is 3.24. The fourth-order valence-electron chi connectivity index (χ4n) is 4.18. The topological polar surface area (TPSA) is 83.7 Å². The standard InChI is InChI=1S/C18H25N5O2S.C9H12OS/c1-22(10-17-20-14(12-26-17)9-23-6-2-3-7-23)18(24)15-11-25-16(21-15)8-19-13-4-5-13;1-6-4-8(10-3)5-7(2)9(6)11/h11-13,19H,2-10H2,1H3;4-5,11H,1-3H3. The molecule has 3 heterocycles. The number of aromatic nitrogens is 2. The molecule has 200 valence electrons. The van der Waals surface area contributed by atoms with Gasteiger partial charge in [-0.15, -0.1) is 24.0 Å². The smallest absolute Gasteiger partial charge is 0.275 e. The first-order valence-electron chi connectivity index (χ1n) is 12.8. The molecule has 0 radical (unpaired) electrons. The monoisotopic (exact) mass is 543 g/mol. The molecule has 1 aliphatic heterocycles. The van der Waals surface area contributed by atoms with Gasteiger partial charge in [0, 0.05) is 29.9 Å². The third-order valence-electron chi connectivity index (χ3n) is 6.49. The summed E-state index contributed by atoms with van der Waals surface area (Å²) in [7, 11) is 3.45. The van der Waals surface area contributed by atoms with Crippen LogP contribution in [0.25, 0.3) is 0 Å². The van der Waals surface area contributed by atoms with Crippen LogP contribution in [0, 0.1) is 13.8 Å². The number of thiol groups is 1. The number of likely N-dealkylation sites (tertiary alicyclic amines) is 1. The Hall–Kier alpha value is -2.40. The summed E-state index contributed by atoms with van der Waals surface area (Å²) in [6.45, 7) is 8.36. The van der Waals surface area contributed by atoms with E-state index in [1.54, 1.807) is 30.4 Å². The number of nitrogens with zero attached hydrogens (tertiary/aromatic N) is 4. The zero-order valence-corrected chi connectivity index (χ0v) is 23.8. The zero-order valence-electron chi connectivity index (χ0n) is 22.1. The van der Waals surface area contributed by atoms with Crippen LogP contribution in [0.2, 0.25) is 0 Å². The van der Waals surface area contributed by atoms with E-state index in [0.717, 1.165) is 52.1 Å². The first-order chi connectivity index (χ1) is 17.8. The molecule has 1 aromatic carbocycles. The van der Waals surface area contributed by atoms with Crippen molar-refractivity contribution in [3.05, 3.63) is 57.2 Å². The van der Waals surface area contributed by atoms with Crippen molar-refractivity contribution in [3.8, 4) is 5.75 Å². The van der Waals surface area contributed by atoms with E-state index in [0.29, 0.717) is 30.7 Å². The third kappa shape index (κ3) is 8.04. The van der Waals surface area contributed by atoms with E-state index in [9.17, 15) is 4.79 Å².